The van der Waals surface area contributed by atoms with Gasteiger partial charge in [-0.2, -0.15) is 13.2 Å². The molecule has 37 heavy (non-hydrogen) atoms. The Morgan fingerprint density at radius 1 is 0.946 bits per heavy atom. The highest BCUT2D eigenvalue weighted by molar-refractivity contribution is 6.04. The molecule has 0 spiro atoms. The zero-order valence-corrected chi connectivity index (χ0v) is 18.6. The van der Waals surface area contributed by atoms with E-state index < -0.39 is 34.8 Å². The molecule has 2 aromatic carbocycles. The van der Waals surface area contributed by atoms with E-state index in [9.17, 15) is 26.7 Å². The molecule has 0 radical (unpaired) electrons. The number of rotatable bonds is 5. The molecule has 5 aromatic rings. The number of H-pyrrole nitrogens is 1. The molecule has 3 aromatic heterocycles. The number of anilines is 3. The molecule has 0 bridgehead atoms. The van der Waals surface area contributed by atoms with Gasteiger partial charge in [-0.05, 0) is 48.5 Å². The first-order valence-corrected chi connectivity index (χ1v) is 10.7. The average Bonchev–Trinajstić information content (AvgIpc) is 3.32. The molecule has 186 valence electrons. The number of nitrogens with one attached hydrogen (secondary N) is 3. The maximum atomic E-state index is 14.4. The summed E-state index contributed by atoms with van der Waals surface area (Å²) >= 11 is 0. The zero-order valence-electron chi connectivity index (χ0n) is 18.6. The fourth-order valence-corrected chi connectivity index (χ4v) is 3.65. The van der Waals surface area contributed by atoms with Crippen LogP contribution in [-0.2, 0) is 6.18 Å². The summed E-state index contributed by atoms with van der Waals surface area (Å²) in [6.45, 7) is 0. The van der Waals surface area contributed by atoms with Gasteiger partial charge in [-0.3, -0.25) is 4.79 Å². The van der Waals surface area contributed by atoms with E-state index in [1.54, 1.807) is 42.9 Å². The number of fused-ring (bicyclic) bond motifs is 1. The Morgan fingerprint density at radius 2 is 1.76 bits per heavy atom. The first-order chi connectivity index (χ1) is 17.7. The van der Waals surface area contributed by atoms with Gasteiger partial charge in [0.15, 0.2) is 11.6 Å². The molecule has 7 nitrogen and oxygen atoms in total. The van der Waals surface area contributed by atoms with Crippen molar-refractivity contribution in [2.75, 3.05) is 10.6 Å². The summed E-state index contributed by atoms with van der Waals surface area (Å²) in [6.07, 6.45) is -0.336. The summed E-state index contributed by atoms with van der Waals surface area (Å²) in [5, 5.41) is 6.26. The second-order valence-electron chi connectivity index (χ2n) is 7.82. The van der Waals surface area contributed by atoms with Crippen LogP contribution in [-0.4, -0.2) is 25.8 Å². The largest absolute Gasteiger partial charge is 0.422 e. The number of hydrogen-bond donors (Lipinski definition) is 3. The molecule has 0 aliphatic carbocycles. The van der Waals surface area contributed by atoms with Crippen LogP contribution in [0.4, 0.5) is 39.1 Å². The summed E-state index contributed by atoms with van der Waals surface area (Å²) in [5.41, 5.74) is -1.25. The van der Waals surface area contributed by atoms with Crippen LogP contribution in [0.1, 0.15) is 15.9 Å². The number of hydrogen-bond acceptors (Lipinski definition) is 5. The molecular weight excluding hydrogens is 495 g/mol. The Morgan fingerprint density at radius 3 is 2.57 bits per heavy atom. The monoisotopic (exact) mass is 510 g/mol. The van der Waals surface area contributed by atoms with Crippen LogP contribution in [0.5, 0.6) is 0 Å². The fraction of sp³-hybridized carbons (Fsp3) is 0.0400. The van der Waals surface area contributed by atoms with Crippen molar-refractivity contribution in [1.29, 1.82) is 0 Å². The van der Waals surface area contributed by atoms with E-state index in [2.05, 4.69) is 30.6 Å². The lowest BCUT2D eigenvalue weighted by Crippen LogP contribution is -2.19. The van der Waals surface area contributed by atoms with Gasteiger partial charge in [0.1, 0.15) is 22.8 Å². The number of carbonyl (C=O) groups is 1. The number of aromatic amines is 1. The van der Waals surface area contributed by atoms with E-state index in [-0.39, 0.29) is 5.69 Å². The number of nitrogens with zero attached hydrogens (tertiary/aromatic N) is 3. The molecule has 0 aliphatic heterocycles. The third-order valence-electron chi connectivity index (χ3n) is 5.35. The molecule has 1 amide bonds. The van der Waals surface area contributed by atoms with Crippen molar-refractivity contribution in [2.24, 2.45) is 0 Å². The van der Waals surface area contributed by atoms with E-state index in [0.717, 1.165) is 5.39 Å². The smallest absolute Gasteiger partial charge is 0.346 e. The normalized spacial score (nSPS) is 11.5. The first kappa shape index (κ1) is 23.9. The minimum absolute atomic E-state index is 0.147. The summed E-state index contributed by atoms with van der Waals surface area (Å²) in [5.74, 6) is -4.17. The van der Waals surface area contributed by atoms with Crippen molar-refractivity contribution in [3.8, 4) is 11.4 Å². The van der Waals surface area contributed by atoms with Gasteiger partial charge in [-0.1, -0.05) is 6.07 Å². The molecule has 5 rings (SSSR count). The van der Waals surface area contributed by atoms with Gasteiger partial charge >= 0.3 is 6.18 Å². The maximum Gasteiger partial charge on any atom is 0.422 e. The maximum absolute atomic E-state index is 14.4. The second-order valence-corrected chi connectivity index (χ2v) is 7.82. The number of pyridine rings is 1. The molecule has 12 heteroatoms. The number of carbonyl (C=O) groups excluding carboxylic acids is 1. The van der Waals surface area contributed by atoms with Gasteiger partial charge in [-0.15, -0.1) is 0 Å². The van der Waals surface area contributed by atoms with Gasteiger partial charge < -0.3 is 15.6 Å². The molecule has 3 heterocycles. The van der Waals surface area contributed by atoms with Gasteiger partial charge in [0, 0.05) is 35.4 Å². The molecule has 0 aliphatic rings. The molecule has 0 saturated carbocycles. The average molecular weight is 510 g/mol. The highest BCUT2D eigenvalue weighted by atomic mass is 19.4. The van der Waals surface area contributed by atoms with E-state index in [1.165, 1.54) is 12.1 Å². The Kier molecular flexibility index (Phi) is 5.99. The van der Waals surface area contributed by atoms with Crippen molar-refractivity contribution in [3.63, 3.8) is 0 Å². The number of benzene rings is 2. The number of amides is 1. The predicted molar refractivity (Wildman–Crippen MR) is 126 cm³/mol. The predicted octanol–water partition coefficient (Wildman–Crippen LogP) is 6.31. The van der Waals surface area contributed by atoms with Crippen molar-refractivity contribution in [2.45, 2.75) is 6.18 Å². The fourth-order valence-electron chi connectivity index (χ4n) is 3.65. The summed E-state index contributed by atoms with van der Waals surface area (Å²) < 4.78 is 67.0. The molecule has 0 fully saturated rings. The van der Waals surface area contributed by atoms with Gasteiger partial charge in [0.25, 0.3) is 5.91 Å². The summed E-state index contributed by atoms with van der Waals surface area (Å²) in [7, 11) is 0. The Labute approximate surface area is 205 Å². The van der Waals surface area contributed by atoms with Crippen LogP contribution in [0.25, 0.3) is 22.4 Å². The lowest BCUT2D eigenvalue weighted by Gasteiger charge is -2.13. The lowest BCUT2D eigenvalue weighted by atomic mass is 10.1. The van der Waals surface area contributed by atoms with Crippen molar-refractivity contribution >= 4 is 34.1 Å². The quantitative estimate of drug-likeness (QED) is 0.241. The van der Waals surface area contributed by atoms with Gasteiger partial charge in [-0.25, -0.2) is 23.7 Å². The first-order valence-electron chi connectivity index (χ1n) is 10.7. The minimum Gasteiger partial charge on any atom is -0.346 e. The third-order valence-corrected chi connectivity index (χ3v) is 5.35. The topological polar surface area (TPSA) is 95.6 Å². The van der Waals surface area contributed by atoms with E-state index in [1.807, 2.05) is 6.07 Å². The van der Waals surface area contributed by atoms with Crippen LogP contribution >= 0.6 is 0 Å². The van der Waals surface area contributed by atoms with Crippen molar-refractivity contribution < 1.29 is 26.7 Å². The standard InChI is InChI=1S/C25H15F5N6O/c26-18-7-6-16(20(27)19(18)25(28,29)30)24(37)35-15-4-1-3-14(11-15)34-22-17(5-2-9-31-22)23-33-12-13-8-10-32-21(13)36-23/h1-12H,(H,31,34)(H,35,37)(H,32,33,36). The molecule has 0 atom stereocenters. The van der Waals surface area contributed by atoms with Crippen LogP contribution < -0.4 is 10.6 Å². The van der Waals surface area contributed by atoms with Crippen molar-refractivity contribution in [1.82, 2.24) is 19.9 Å². The van der Waals surface area contributed by atoms with Crippen LogP contribution in [0.3, 0.4) is 0 Å². The van der Waals surface area contributed by atoms with Crippen LogP contribution in [0.15, 0.2) is 73.2 Å². The van der Waals surface area contributed by atoms with Crippen LogP contribution in [0.2, 0.25) is 0 Å². The minimum atomic E-state index is -5.30. The highest BCUT2D eigenvalue weighted by Gasteiger charge is 2.39. The second kappa shape index (κ2) is 9.30. The van der Waals surface area contributed by atoms with Gasteiger partial charge in [0.05, 0.1) is 11.1 Å². The number of aromatic nitrogens is 4. The van der Waals surface area contributed by atoms with E-state index in [0.29, 0.717) is 40.7 Å². The van der Waals surface area contributed by atoms with Crippen molar-refractivity contribution in [3.05, 3.63) is 95.9 Å². The highest BCUT2D eigenvalue weighted by Crippen LogP contribution is 2.35. The molecule has 0 unspecified atom stereocenters. The molecular formula is C25H15F5N6O. The van der Waals surface area contributed by atoms with Crippen LogP contribution in [0, 0.1) is 11.6 Å². The van der Waals surface area contributed by atoms with E-state index >= 15 is 0 Å². The van der Waals surface area contributed by atoms with E-state index in [4.69, 9.17) is 0 Å². The Balaban J connectivity index is 1.40. The lowest BCUT2D eigenvalue weighted by molar-refractivity contribution is -0.142. The van der Waals surface area contributed by atoms with Gasteiger partial charge in [0.2, 0.25) is 0 Å². The number of halogens is 5. The summed E-state index contributed by atoms with van der Waals surface area (Å²) in [6, 6.07) is 12.5. The third kappa shape index (κ3) is 4.81. The number of alkyl halides is 3. The Hall–Kier alpha value is -4.87. The SMILES string of the molecule is O=C(Nc1cccc(Nc2ncccc2-c2ncc3cc[nH]c3n2)c1)c1ccc(F)c(C(F)(F)F)c1F. The summed E-state index contributed by atoms with van der Waals surface area (Å²) in [4.78, 5) is 28.7. The Bertz CT molecular complexity index is 1630. The zero-order chi connectivity index (χ0) is 26.2. The molecule has 3 N–H and O–H groups in total. The molecule has 0 saturated heterocycles.